The van der Waals surface area contributed by atoms with Crippen LogP contribution in [0.2, 0.25) is 0 Å². The number of hydrogen-bond acceptors (Lipinski definition) is 3. The summed E-state index contributed by atoms with van der Waals surface area (Å²) in [5.74, 6) is 3.23. The van der Waals surface area contributed by atoms with Crippen molar-refractivity contribution in [2.75, 3.05) is 14.2 Å². The topological polar surface area (TPSA) is 38.7 Å². The molecule has 0 heterocycles. The largest absolute Gasteiger partial charge is 0.508 e. The van der Waals surface area contributed by atoms with E-state index in [1.165, 1.54) is 24.8 Å². The number of methoxy groups -OCH3 is 2. The van der Waals surface area contributed by atoms with E-state index in [0.29, 0.717) is 17.6 Å². The molecule has 4 aliphatic carbocycles. The van der Waals surface area contributed by atoms with Crippen molar-refractivity contribution in [1.29, 1.82) is 0 Å². The zero-order valence-electron chi connectivity index (χ0n) is 13.3. The summed E-state index contributed by atoms with van der Waals surface area (Å²) < 4.78 is 11.7. The van der Waals surface area contributed by atoms with Gasteiger partial charge in [0.05, 0.1) is 12.7 Å². The van der Waals surface area contributed by atoms with Crippen LogP contribution in [0, 0.1) is 17.8 Å². The van der Waals surface area contributed by atoms with E-state index in [1.807, 2.05) is 25.3 Å². The lowest BCUT2D eigenvalue weighted by Gasteiger charge is -2.57. The van der Waals surface area contributed by atoms with Gasteiger partial charge in [-0.3, -0.25) is 0 Å². The Labute approximate surface area is 131 Å². The molecule has 4 bridgehead atoms. The second-order valence-electron chi connectivity index (χ2n) is 7.27. The van der Waals surface area contributed by atoms with Crippen LogP contribution in [0.3, 0.4) is 0 Å². The standard InChI is InChI=1S/C19H24O3/c1-21-18(13-4-3-5-16(20)8-13)17-14-6-12-7-15(17)11-19(9-12,10-14)22-2/h3-5,8,12,14-15,20H,6-7,9-11H2,1-2H3. The van der Waals surface area contributed by atoms with Crippen molar-refractivity contribution >= 4 is 5.76 Å². The number of allylic oxidation sites excluding steroid dienone is 1. The second kappa shape index (κ2) is 5.02. The zero-order valence-corrected chi connectivity index (χ0v) is 13.3. The fourth-order valence-electron chi connectivity index (χ4n) is 5.39. The molecule has 22 heavy (non-hydrogen) atoms. The van der Waals surface area contributed by atoms with Gasteiger partial charge in [0, 0.05) is 12.7 Å². The van der Waals surface area contributed by atoms with E-state index in [2.05, 4.69) is 0 Å². The maximum absolute atomic E-state index is 9.79. The van der Waals surface area contributed by atoms with Gasteiger partial charge in [-0.1, -0.05) is 12.1 Å². The van der Waals surface area contributed by atoms with Gasteiger partial charge < -0.3 is 14.6 Å². The highest BCUT2D eigenvalue weighted by Crippen LogP contribution is 2.60. The van der Waals surface area contributed by atoms with Gasteiger partial charge >= 0.3 is 0 Å². The summed E-state index contributed by atoms with van der Waals surface area (Å²) >= 11 is 0. The van der Waals surface area contributed by atoms with Gasteiger partial charge in [0.2, 0.25) is 0 Å². The van der Waals surface area contributed by atoms with Crippen LogP contribution in [0.15, 0.2) is 29.8 Å². The number of hydrogen-bond donors (Lipinski definition) is 1. The lowest BCUT2D eigenvalue weighted by atomic mass is 9.52. The van der Waals surface area contributed by atoms with Crippen molar-refractivity contribution in [2.45, 2.75) is 37.7 Å². The van der Waals surface area contributed by atoms with Crippen LogP contribution in [0.4, 0.5) is 0 Å². The molecule has 0 aliphatic heterocycles. The Morgan fingerprint density at radius 3 is 2.45 bits per heavy atom. The molecule has 4 saturated carbocycles. The highest BCUT2D eigenvalue weighted by atomic mass is 16.5. The first-order valence-corrected chi connectivity index (χ1v) is 8.27. The molecule has 118 valence electrons. The quantitative estimate of drug-likeness (QED) is 0.858. The predicted octanol–water partition coefficient (Wildman–Crippen LogP) is 3.97. The van der Waals surface area contributed by atoms with E-state index in [9.17, 15) is 5.11 Å². The molecular weight excluding hydrogens is 276 g/mol. The van der Waals surface area contributed by atoms with Gasteiger partial charge in [-0.25, -0.2) is 0 Å². The minimum atomic E-state index is 0.109. The van der Waals surface area contributed by atoms with E-state index in [0.717, 1.165) is 30.1 Å². The molecule has 5 rings (SSSR count). The summed E-state index contributed by atoms with van der Waals surface area (Å²) in [4.78, 5) is 0. The Bertz CT molecular complexity index is 601. The number of rotatable bonds is 3. The van der Waals surface area contributed by atoms with Crippen LogP contribution < -0.4 is 0 Å². The van der Waals surface area contributed by atoms with Crippen molar-refractivity contribution in [3.63, 3.8) is 0 Å². The maximum atomic E-state index is 9.79. The Kier molecular flexibility index (Phi) is 3.23. The van der Waals surface area contributed by atoms with Crippen LogP contribution in [0.5, 0.6) is 5.75 Å². The summed E-state index contributed by atoms with van der Waals surface area (Å²) in [5.41, 5.74) is 2.57. The Hall–Kier alpha value is -1.48. The van der Waals surface area contributed by atoms with E-state index in [4.69, 9.17) is 9.47 Å². The smallest absolute Gasteiger partial charge is 0.125 e. The lowest BCUT2D eigenvalue weighted by Crippen LogP contribution is -2.52. The van der Waals surface area contributed by atoms with Crippen molar-refractivity contribution in [2.24, 2.45) is 17.8 Å². The molecule has 0 aromatic heterocycles. The van der Waals surface area contributed by atoms with Crippen molar-refractivity contribution in [1.82, 2.24) is 0 Å². The number of aromatic hydroxyl groups is 1. The summed E-state index contributed by atoms with van der Waals surface area (Å²) in [6, 6.07) is 7.43. The monoisotopic (exact) mass is 300 g/mol. The molecule has 4 aliphatic rings. The highest BCUT2D eigenvalue weighted by molar-refractivity contribution is 5.66. The average molecular weight is 300 g/mol. The molecule has 1 aromatic rings. The van der Waals surface area contributed by atoms with Gasteiger partial charge in [0.1, 0.15) is 11.5 Å². The van der Waals surface area contributed by atoms with Gasteiger partial charge in [0.25, 0.3) is 0 Å². The first kappa shape index (κ1) is 14.1. The van der Waals surface area contributed by atoms with Crippen LogP contribution >= 0.6 is 0 Å². The Balaban J connectivity index is 1.78. The third-order valence-corrected chi connectivity index (χ3v) is 6.02. The normalized spacial score (nSPS) is 35.7. The van der Waals surface area contributed by atoms with Gasteiger partial charge in [-0.2, -0.15) is 0 Å². The van der Waals surface area contributed by atoms with Gasteiger partial charge in [0.15, 0.2) is 0 Å². The minimum Gasteiger partial charge on any atom is -0.508 e. The molecule has 0 saturated heterocycles. The molecule has 3 heteroatoms. The summed E-state index contributed by atoms with van der Waals surface area (Å²) in [6.45, 7) is 0. The number of ether oxygens (including phenoxy) is 2. The second-order valence-corrected chi connectivity index (χ2v) is 7.27. The van der Waals surface area contributed by atoms with Crippen LogP contribution in [-0.4, -0.2) is 24.9 Å². The van der Waals surface area contributed by atoms with E-state index >= 15 is 0 Å². The van der Waals surface area contributed by atoms with E-state index < -0.39 is 0 Å². The molecule has 2 atom stereocenters. The molecule has 0 amide bonds. The van der Waals surface area contributed by atoms with Gasteiger partial charge in [-0.15, -0.1) is 0 Å². The molecule has 2 unspecified atom stereocenters. The van der Waals surface area contributed by atoms with Crippen molar-refractivity contribution in [3.05, 3.63) is 35.4 Å². The molecule has 3 nitrogen and oxygen atoms in total. The fraction of sp³-hybridized carbons (Fsp3) is 0.579. The number of phenols is 1. The fourth-order valence-corrected chi connectivity index (χ4v) is 5.39. The van der Waals surface area contributed by atoms with Crippen LogP contribution in [0.1, 0.15) is 37.7 Å². The lowest BCUT2D eigenvalue weighted by molar-refractivity contribution is -0.125. The predicted molar refractivity (Wildman–Crippen MR) is 85.3 cm³/mol. The van der Waals surface area contributed by atoms with Gasteiger partial charge in [-0.05, 0) is 67.6 Å². The van der Waals surface area contributed by atoms with E-state index in [-0.39, 0.29) is 5.60 Å². The summed E-state index contributed by atoms with van der Waals surface area (Å²) in [6.07, 6.45) is 6.01. The SMILES string of the molecule is COC(=C1C2CC3CC1CC(OC)(C3)C2)c1cccc(O)c1. The molecule has 1 aromatic carbocycles. The summed E-state index contributed by atoms with van der Waals surface area (Å²) in [7, 11) is 3.63. The van der Waals surface area contributed by atoms with Crippen molar-refractivity contribution in [3.8, 4) is 5.75 Å². The maximum Gasteiger partial charge on any atom is 0.125 e. The molecule has 1 N–H and O–H groups in total. The van der Waals surface area contributed by atoms with Crippen molar-refractivity contribution < 1.29 is 14.6 Å². The molecule has 0 radical (unpaired) electrons. The van der Waals surface area contributed by atoms with E-state index in [1.54, 1.807) is 13.2 Å². The average Bonchev–Trinajstić information content (AvgIpc) is 2.50. The first-order valence-electron chi connectivity index (χ1n) is 8.27. The number of phenolic OH excluding ortho intramolecular Hbond substituents is 1. The molecular formula is C19H24O3. The highest BCUT2D eigenvalue weighted by Gasteiger charge is 2.54. The number of benzene rings is 1. The Morgan fingerprint density at radius 2 is 1.86 bits per heavy atom. The first-order chi connectivity index (χ1) is 10.6. The molecule has 0 spiro atoms. The molecule has 4 fully saturated rings. The minimum absolute atomic E-state index is 0.109. The summed E-state index contributed by atoms with van der Waals surface area (Å²) in [5, 5.41) is 9.79. The third kappa shape index (κ3) is 2.06. The van der Waals surface area contributed by atoms with Crippen LogP contribution in [0.25, 0.3) is 5.76 Å². The van der Waals surface area contributed by atoms with Crippen LogP contribution in [-0.2, 0) is 9.47 Å². The third-order valence-electron chi connectivity index (χ3n) is 6.02. The Morgan fingerprint density at radius 1 is 1.14 bits per heavy atom. The zero-order chi connectivity index (χ0) is 15.3.